The van der Waals surface area contributed by atoms with Gasteiger partial charge in [0.2, 0.25) is 0 Å². The van der Waals surface area contributed by atoms with E-state index in [0.717, 1.165) is 0 Å². The van der Waals surface area contributed by atoms with Crippen LogP contribution in [0.2, 0.25) is 0 Å². The Balaban J connectivity index is 1.79. The zero-order valence-corrected chi connectivity index (χ0v) is 21.3. The number of amides is 1. The van der Waals surface area contributed by atoms with Gasteiger partial charge in [0, 0.05) is 19.1 Å². The van der Waals surface area contributed by atoms with Gasteiger partial charge in [-0.3, -0.25) is 9.36 Å². The summed E-state index contributed by atoms with van der Waals surface area (Å²) in [7, 11) is -2.93. The number of rotatable bonds is 6. The average molecular weight is 532 g/mol. The topological polar surface area (TPSA) is 140 Å². The minimum absolute atomic E-state index is 0.0525. The third-order valence-electron chi connectivity index (χ3n) is 6.70. The maximum Gasteiger partial charge on any atom is 0.344 e. The van der Waals surface area contributed by atoms with E-state index in [1.807, 2.05) is 6.07 Å². The number of ether oxygens (including phenoxy) is 1. The third-order valence-corrected chi connectivity index (χ3v) is 8.41. The molecular formula is C27H25N5O5S. The van der Waals surface area contributed by atoms with Gasteiger partial charge in [0.25, 0.3) is 15.9 Å². The van der Waals surface area contributed by atoms with E-state index >= 15 is 0 Å². The number of methoxy groups -OCH3 is 1. The molecule has 2 N–H and O–H groups in total. The number of hydrogen-bond acceptors (Lipinski definition) is 7. The minimum atomic E-state index is -4.39. The summed E-state index contributed by atoms with van der Waals surface area (Å²) in [4.78, 5) is 29.4. The Labute approximate surface area is 219 Å². The predicted octanol–water partition coefficient (Wildman–Crippen LogP) is 2.07. The van der Waals surface area contributed by atoms with Crippen LogP contribution in [0, 0.1) is 11.3 Å². The molecule has 1 aliphatic heterocycles. The highest BCUT2D eigenvalue weighted by Crippen LogP contribution is 2.29. The Kier molecular flexibility index (Phi) is 6.52. The summed E-state index contributed by atoms with van der Waals surface area (Å²) in [5, 5.41) is 9.55. The Hall–Kier alpha value is -4.40. The fourth-order valence-corrected chi connectivity index (χ4v) is 6.19. The van der Waals surface area contributed by atoms with Crippen LogP contribution in [0.4, 0.5) is 0 Å². The van der Waals surface area contributed by atoms with Crippen LogP contribution < -0.4 is 16.2 Å². The molecule has 5 rings (SSSR count). The van der Waals surface area contributed by atoms with Crippen LogP contribution in [-0.2, 0) is 14.8 Å². The number of likely N-dealkylation sites (tertiary alicyclic amines) is 1. The Morgan fingerprint density at radius 2 is 1.79 bits per heavy atom. The van der Waals surface area contributed by atoms with E-state index in [4.69, 9.17) is 10.5 Å². The summed E-state index contributed by atoms with van der Waals surface area (Å²) >= 11 is 0. The smallest absolute Gasteiger partial charge is 0.344 e. The highest BCUT2D eigenvalue weighted by Gasteiger charge is 2.36. The van der Waals surface area contributed by atoms with Gasteiger partial charge in [-0.05, 0) is 54.4 Å². The van der Waals surface area contributed by atoms with Crippen molar-refractivity contribution in [2.24, 2.45) is 5.73 Å². The van der Waals surface area contributed by atoms with E-state index in [1.165, 1.54) is 54.1 Å². The molecule has 1 aliphatic rings. The summed E-state index contributed by atoms with van der Waals surface area (Å²) in [5.41, 5.74) is 6.06. The van der Waals surface area contributed by atoms with Gasteiger partial charge in [-0.25, -0.2) is 13.2 Å². The van der Waals surface area contributed by atoms with Crippen molar-refractivity contribution in [2.75, 3.05) is 20.2 Å². The van der Waals surface area contributed by atoms with Crippen LogP contribution in [0.15, 0.2) is 82.5 Å². The summed E-state index contributed by atoms with van der Waals surface area (Å²) in [6, 6.07) is 19.3. The van der Waals surface area contributed by atoms with Crippen molar-refractivity contribution in [1.29, 1.82) is 5.26 Å². The molecule has 1 aromatic heterocycles. The molecule has 0 spiro atoms. The first-order valence-corrected chi connectivity index (χ1v) is 13.4. The molecule has 10 nitrogen and oxygen atoms in total. The van der Waals surface area contributed by atoms with Gasteiger partial charge in [-0.2, -0.15) is 9.23 Å². The lowest BCUT2D eigenvalue weighted by atomic mass is 10.0. The second-order valence-electron chi connectivity index (χ2n) is 9.06. The molecule has 0 bridgehead atoms. The molecular weight excluding hydrogens is 506 g/mol. The van der Waals surface area contributed by atoms with E-state index in [2.05, 4.69) is 0 Å². The molecule has 38 heavy (non-hydrogen) atoms. The van der Waals surface area contributed by atoms with Crippen molar-refractivity contribution in [3.8, 4) is 11.8 Å². The predicted molar refractivity (Wildman–Crippen MR) is 140 cm³/mol. The Morgan fingerprint density at radius 3 is 2.39 bits per heavy atom. The van der Waals surface area contributed by atoms with Gasteiger partial charge in [-0.15, -0.1) is 0 Å². The van der Waals surface area contributed by atoms with Gasteiger partial charge in [0.15, 0.2) is 0 Å². The molecule has 1 saturated heterocycles. The SMILES string of the molecule is COc1ccc(S(=O)(=O)n2c(=O)n(C(C(=O)N3CC[C@@H](N)C3)c3ccccc3)c3cc(C#N)ccc32)cc1. The van der Waals surface area contributed by atoms with Crippen LogP contribution in [0.1, 0.15) is 23.6 Å². The summed E-state index contributed by atoms with van der Waals surface area (Å²) < 4.78 is 34.6. The van der Waals surface area contributed by atoms with E-state index in [-0.39, 0.29) is 33.4 Å². The number of aromatic nitrogens is 2. The second kappa shape index (κ2) is 9.81. The maximum absolute atomic E-state index is 14.1. The van der Waals surface area contributed by atoms with Crippen LogP contribution in [-0.4, -0.2) is 54.0 Å². The largest absolute Gasteiger partial charge is 0.497 e. The zero-order valence-electron chi connectivity index (χ0n) is 20.5. The lowest BCUT2D eigenvalue weighted by molar-refractivity contribution is -0.132. The average Bonchev–Trinajstić information content (AvgIpc) is 3.50. The van der Waals surface area contributed by atoms with E-state index < -0.39 is 21.8 Å². The van der Waals surface area contributed by atoms with Crippen LogP contribution in [0.5, 0.6) is 5.75 Å². The van der Waals surface area contributed by atoms with E-state index in [9.17, 15) is 23.3 Å². The molecule has 4 aromatic rings. The lowest BCUT2D eigenvalue weighted by Crippen LogP contribution is -2.41. The molecule has 0 radical (unpaired) electrons. The van der Waals surface area contributed by atoms with Crippen LogP contribution >= 0.6 is 0 Å². The van der Waals surface area contributed by atoms with Gasteiger partial charge in [0.05, 0.1) is 34.7 Å². The molecule has 2 atom stereocenters. The van der Waals surface area contributed by atoms with Gasteiger partial charge in [0.1, 0.15) is 11.8 Å². The number of carbonyl (C=O) groups excluding carboxylic acids is 1. The molecule has 2 heterocycles. The number of carbonyl (C=O) groups is 1. The summed E-state index contributed by atoms with van der Waals surface area (Å²) in [5.74, 6) is 0.0745. The number of hydrogen-bond donors (Lipinski definition) is 1. The molecule has 194 valence electrons. The van der Waals surface area contributed by atoms with Crippen molar-refractivity contribution in [1.82, 2.24) is 13.4 Å². The number of imidazole rings is 1. The van der Waals surface area contributed by atoms with Crippen molar-refractivity contribution >= 4 is 27.0 Å². The molecule has 1 amide bonds. The standard InChI is InChI=1S/C27H25N5O5S/c1-37-21-8-10-22(11-9-21)38(35,36)32-23-12-7-18(16-28)15-24(23)31(27(32)34)25(19-5-3-2-4-6-19)26(33)30-14-13-20(29)17-30/h2-12,15,20,25H,13-14,17,29H2,1H3/t20-,25?/m1/s1. The van der Waals surface area contributed by atoms with Crippen molar-refractivity contribution in [2.45, 2.75) is 23.4 Å². The van der Waals surface area contributed by atoms with Gasteiger partial charge >= 0.3 is 5.69 Å². The fourth-order valence-electron chi connectivity index (χ4n) is 4.79. The summed E-state index contributed by atoms with van der Waals surface area (Å²) in [6.07, 6.45) is 0.619. The van der Waals surface area contributed by atoms with Gasteiger partial charge in [-0.1, -0.05) is 30.3 Å². The molecule has 1 unspecified atom stereocenters. The molecule has 0 saturated carbocycles. The highest BCUT2D eigenvalue weighted by atomic mass is 32.2. The first kappa shape index (κ1) is 25.3. The first-order valence-electron chi connectivity index (χ1n) is 11.9. The van der Waals surface area contributed by atoms with E-state index in [0.29, 0.717) is 34.8 Å². The number of benzene rings is 3. The van der Waals surface area contributed by atoms with Crippen LogP contribution in [0.25, 0.3) is 11.0 Å². The van der Waals surface area contributed by atoms with Gasteiger partial charge < -0.3 is 15.4 Å². The van der Waals surface area contributed by atoms with Crippen molar-refractivity contribution < 1.29 is 17.9 Å². The lowest BCUT2D eigenvalue weighted by Gasteiger charge is -2.25. The molecule has 0 aliphatic carbocycles. The number of nitrogens with zero attached hydrogens (tertiary/aromatic N) is 4. The van der Waals surface area contributed by atoms with E-state index in [1.54, 1.807) is 35.2 Å². The third kappa shape index (κ3) is 4.23. The van der Waals surface area contributed by atoms with Crippen molar-refractivity contribution in [3.63, 3.8) is 0 Å². The minimum Gasteiger partial charge on any atom is -0.497 e. The highest BCUT2D eigenvalue weighted by molar-refractivity contribution is 7.90. The summed E-state index contributed by atoms with van der Waals surface area (Å²) in [6.45, 7) is 0.744. The maximum atomic E-state index is 14.1. The zero-order chi connectivity index (χ0) is 27.0. The number of fused-ring (bicyclic) bond motifs is 1. The first-order chi connectivity index (χ1) is 18.3. The van der Waals surface area contributed by atoms with Crippen LogP contribution in [0.3, 0.4) is 0 Å². The molecule has 3 aromatic carbocycles. The number of nitrogens with two attached hydrogens (primary N) is 1. The normalized spacial score (nSPS) is 16.3. The quantitative estimate of drug-likeness (QED) is 0.402. The monoisotopic (exact) mass is 531 g/mol. The number of nitriles is 1. The fraction of sp³-hybridized carbons (Fsp3) is 0.222. The second-order valence-corrected chi connectivity index (χ2v) is 10.8. The Morgan fingerprint density at radius 1 is 1.08 bits per heavy atom. The molecule has 1 fully saturated rings. The van der Waals surface area contributed by atoms with Crippen molar-refractivity contribution in [3.05, 3.63) is 94.4 Å². The Bertz CT molecular complexity index is 1720. The molecule has 11 heteroatoms.